The van der Waals surface area contributed by atoms with E-state index in [4.69, 9.17) is 5.84 Å². The first-order valence-electron chi connectivity index (χ1n) is 6.27. The maximum Gasteiger partial charge on any atom is 0.252 e. The van der Waals surface area contributed by atoms with Gasteiger partial charge in [-0.2, -0.15) is 0 Å². The van der Waals surface area contributed by atoms with Crippen molar-refractivity contribution in [3.05, 3.63) is 29.3 Å². The van der Waals surface area contributed by atoms with Crippen LogP contribution in [0.2, 0.25) is 0 Å². The van der Waals surface area contributed by atoms with E-state index in [2.05, 4.69) is 16.1 Å². The quantitative estimate of drug-likeness (QED) is 0.465. The van der Waals surface area contributed by atoms with Gasteiger partial charge < -0.3 is 16.1 Å². The molecule has 1 unspecified atom stereocenters. The molecule has 1 fully saturated rings. The molecule has 19 heavy (non-hydrogen) atoms. The number of carbonyl (C=O) groups excluding carboxylic acids is 2. The van der Waals surface area contributed by atoms with Crippen LogP contribution in [0, 0.1) is 6.92 Å². The summed E-state index contributed by atoms with van der Waals surface area (Å²) in [6.45, 7) is 2.51. The predicted molar refractivity (Wildman–Crippen MR) is 72.5 cm³/mol. The van der Waals surface area contributed by atoms with Crippen LogP contribution in [0.1, 0.15) is 28.8 Å². The molecule has 1 atom stereocenters. The molecular formula is C13H18N4O2. The van der Waals surface area contributed by atoms with Gasteiger partial charge in [-0.1, -0.05) is 0 Å². The van der Waals surface area contributed by atoms with E-state index >= 15 is 0 Å². The van der Waals surface area contributed by atoms with Crippen molar-refractivity contribution in [3.63, 3.8) is 0 Å². The highest BCUT2D eigenvalue weighted by Crippen LogP contribution is 2.15. The van der Waals surface area contributed by atoms with Crippen LogP contribution in [-0.2, 0) is 4.79 Å². The lowest BCUT2D eigenvalue weighted by Gasteiger charge is -2.23. The van der Waals surface area contributed by atoms with Crippen LogP contribution >= 0.6 is 0 Å². The van der Waals surface area contributed by atoms with Crippen LogP contribution in [0.25, 0.3) is 0 Å². The summed E-state index contributed by atoms with van der Waals surface area (Å²) in [5.74, 6) is 4.96. The molecule has 6 nitrogen and oxygen atoms in total. The lowest BCUT2D eigenvalue weighted by Crippen LogP contribution is -2.50. The van der Waals surface area contributed by atoms with E-state index in [1.807, 2.05) is 6.92 Å². The monoisotopic (exact) mass is 262 g/mol. The number of carbonyl (C=O) groups is 2. The zero-order valence-corrected chi connectivity index (χ0v) is 10.8. The predicted octanol–water partition coefficient (Wildman–Crippen LogP) is 0.289. The number of aryl methyl sites for hydroxylation is 1. The molecule has 2 amide bonds. The third kappa shape index (κ3) is 3.03. The van der Waals surface area contributed by atoms with Crippen LogP contribution in [0.3, 0.4) is 0 Å². The SMILES string of the molecule is Cc1cc(NN)ccc1C(=O)NC1CCCNC1=O. The zero-order chi connectivity index (χ0) is 13.8. The molecule has 5 N–H and O–H groups in total. The Kier molecular flexibility index (Phi) is 4.01. The third-order valence-corrected chi connectivity index (χ3v) is 3.23. The summed E-state index contributed by atoms with van der Waals surface area (Å²) in [5, 5.41) is 5.50. The van der Waals surface area contributed by atoms with Crippen LogP contribution in [0.15, 0.2) is 18.2 Å². The first kappa shape index (κ1) is 13.4. The average Bonchev–Trinajstić information content (AvgIpc) is 2.41. The number of nitrogens with one attached hydrogen (secondary N) is 3. The van der Waals surface area contributed by atoms with Gasteiger partial charge in [0.15, 0.2) is 0 Å². The van der Waals surface area contributed by atoms with Gasteiger partial charge in [-0.3, -0.25) is 15.4 Å². The Morgan fingerprint density at radius 3 is 2.89 bits per heavy atom. The molecule has 0 aliphatic carbocycles. The molecule has 2 rings (SSSR count). The van der Waals surface area contributed by atoms with Crippen molar-refractivity contribution in [1.82, 2.24) is 10.6 Å². The van der Waals surface area contributed by atoms with Gasteiger partial charge in [-0.25, -0.2) is 0 Å². The standard InChI is InChI=1S/C13H18N4O2/c1-8-7-9(17-14)4-5-10(8)12(18)16-11-3-2-6-15-13(11)19/h4-5,7,11,17H,2-3,6,14H2,1H3,(H,15,19)(H,16,18). The van der Waals surface area contributed by atoms with Gasteiger partial charge in [0, 0.05) is 17.8 Å². The molecule has 1 aromatic carbocycles. The number of nitrogens with two attached hydrogens (primary N) is 1. The first-order valence-corrected chi connectivity index (χ1v) is 6.27. The van der Waals surface area contributed by atoms with Crippen molar-refractivity contribution < 1.29 is 9.59 Å². The fourth-order valence-corrected chi connectivity index (χ4v) is 2.15. The number of nitrogen functional groups attached to an aromatic ring is 1. The highest BCUT2D eigenvalue weighted by molar-refractivity contribution is 5.99. The molecule has 1 aliphatic heterocycles. The maximum absolute atomic E-state index is 12.1. The van der Waals surface area contributed by atoms with Crippen LogP contribution < -0.4 is 21.9 Å². The second-order valence-corrected chi connectivity index (χ2v) is 4.63. The minimum atomic E-state index is -0.437. The van der Waals surface area contributed by atoms with E-state index in [-0.39, 0.29) is 11.8 Å². The van der Waals surface area contributed by atoms with Gasteiger partial charge >= 0.3 is 0 Å². The molecule has 102 valence electrons. The fraction of sp³-hybridized carbons (Fsp3) is 0.385. The Morgan fingerprint density at radius 1 is 1.47 bits per heavy atom. The first-order chi connectivity index (χ1) is 9.11. The summed E-state index contributed by atoms with van der Waals surface area (Å²) >= 11 is 0. The maximum atomic E-state index is 12.1. The Morgan fingerprint density at radius 2 is 2.26 bits per heavy atom. The largest absolute Gasteiger partial charge is 0.354 e. The van der Waals surface area contributed by atoms with Gasteiger partial charge in [-0.05, 0) is 43.5 Å². The number of amides is 2. The molecule has 1 heterocycles. The lowest BCUT2D eigenvalue weighted by molar-refractivity contribution is -0.124. The number of rotatable bonds is 3. The van der Waals surface area contributed by atoms with E-state index in [1.165, 1.54) is 0 Å². The van der Waals surface area contributed by atoms with Crippen molar-refractivity contribution in [2.45, 2.75) is 25.8 Å². The van der Waals surface area contributed by atoms with E-state index in [0.717, 1.165) is 17.7 Å². The summed E-state index contributed by atoms with van der Waals surface area (Å²) in [6.07, 6.45) is 1.56. The summed E-state index contributed by atoms with van der Waals surface area (Å²) in [4.78, 5) is 23.7. The number of anilines is 1. The van der Waals surface area contributed by atoms with Gasteiger partial charge in [0.25, 0.3) is 5.91 Å². The van der Waals surface area contributed by atoms with Gasteiger partial charge in [0.05, 0.1) is 0 Å². The highest BCUT2D eigenvalue weighted by Gasteiger charge is 2.24. The zero-order valence-electron chi connectivity index (χ0n) is 10.8. The second kappa shape index (κ2) is 5.71. The number of hydrazine groups is 1. The number of benzene rings is 1. The summed E-state index contributed by atoms with van der Waals surface area (Å²) in [7, 11) is 0. The minimum absolute atomic E-state index is 0.113. The normalized spacial score (nSPS) is 18.6. The van der Waals surface area contributed by atoms with Crippen LogP contribution in [-0.4, -0.2) is 24.4 Å². The van der Waals surface area contributed by atoms with Crippen molar-refractivity contribution in [2.75, 3.05) is 12.0 Å². The fourth-order valence-electron chi connectivity index (χ4n) is 2.15. The Labute approximate surface area is 111 Å². The van der Waals surface area contributed by atoms with E-state index in [1.54, 1.807) is 18.2 Å². The van der Waals surface area contributed by atoms with Gasteiger partial charge in [0.1, 0.15) is 6.04 Å². The molecule has 0 spiro atoms. The minimum Gasteiger partial charge on any atom is -0.354 e. The van der Waals surface area contributed by atoms with E-state index < -0.39 is 6.04 Å². The molecule has 0 bridgehead atoms. The van der Waals surface area contributed by atoms with Crippen molar-refractivity contribution >= 4 is 17.5 Å². The number of hydrogen-bond acceptors (Lipinski definition) is 4. The van der Waals surface area contributed by atoms with Crippen LogP contribution in [0.5, 0.6) is 0 Å². The molecule has 1 aromatic rings. The molecule has 1 aliphatic rings. The average molecular weight is 262 g/mol. The van der Waals surface area contributed by atoms with E-state index in [9.17, 15) is 9.59 Å². The summed E-state index contributed by atoms with van der Waals surface area (Å²) < 4.78 is 0. The number of piperidine rings is 1. The van der Waals surface area contributed by atoms with Crippen molar-refractivity contribution in [2.24, 2.45) is 5.84 Å². The topological polar surface area (TPSA) is 96.2 Å². The summed E-state index contributed by atoms with van der Waals surface area (Å²) in [6, 6.07) is 4.77. The molecule has 0 saturated carbocycles. The van der Waals surface area contributed by atoms with Crippen LogP contribution in [0.4, 0.5) is 5.69 Å². The Hall–Kier alpha value is -2.08. The molecule has 0 radical (unpaired) electrons. The van der Waals surface area contributed by atoms with E-state index in [0.29, 0.717) is 18.5 Å². The van der Waals surface area contributed by atoms with Crippen molar-refractivity contribution in [1.29, 1.82) is 0 Å². The third-order valence-electron chi connectivity index (χ3n) is 3.23. The molecular weight excluding hydrogens is 244 g/mol. The second-order valence-electron chi connectivity index (χ2n) is 4.63. The summed E-state index contributed by atoms with van der Waals surface area (Å²) in [5.41, 5.74) is 4.63. The number of hydrogen-bond donors (Lipinski definition) is 4. The highest BCUT2D eigenvalue weighted by atomic mass is 16.2. The Balaban J connectivity index is 2.09. The van der Waals surface area contributed by atoms with Crippen molar-refractivity contribution in [3.8, 4) is 0 Å². The van der Waals surface area contributed by atoms with Gasteiger partial charge in [-0.15, -0.1) is 0 Å². The molecule has 6 heteroatoms. The van der Waals surface area contributed by atoms with Gasteiger partial charge in [0.2, 0.25) is 5.91 Å². The lowest BCUT2D eigenvalue weighted by atomic mass is 10.0. The molecule has 0 aromatic heterocycles. The smallest absolute Gasteiger partial charge is 0.252 e. The molecule has 1 saturated heterocycles. The Bertz CT molecular complexity index is 501.